The molecular formula is C19H27FN4OS. The van der Waals surface area contributed by atoms with E-state index in [9.17, 15) is 9.18 Å². The lowest BCUT2D eigenvalue weighted by molar-refractivity contribution is -0.119. The van der Waals surface area contributed by atoms with Crippen molar-refractivity contribution >= 4 is 17.7 Å². The van der Waals surface area contributed by atoms with Gasteiger partial charge in [0.15, 0.2) is 11.0 Å². The van der Waals surface area contributed by atoms with Crippen LogP contribution in [0.1, 0.15) is 40.5 Å². The third-order valence-electron chi connectivity index (χ3n) is 3.84. The first kappa shape index (κ1) is 20.4. The molecule has 0 saturated carbocycles. The number of thioether (sulfide) groups is 1. The van der Waals surface area contributed by atoms with Crippen molar-refractivity contribution in [3.63, 3.8) is 0 Å². The Morgan fingerprint density at radius 2 is 2.00 bits per heavy atom. The van der Waals surface area contributed by atoms with Crippen LogP contribution in [0.25, 0.3) is 11.4 Å². The summed E-state index contributed by atoms with van der Waals surface area (Å²) < 4.78 is 16.1. The molecule has 7 heteroatoms. The lowest BCUT2D eigenvalue weighted by Gasteiger charge is -2.14. The zero-order chi connectivity index (χ0) is 19.1. The van der Waals surface area contributed by atoms with Crippen LogP contribution in [-0.4, -0.2) is 32.5 Å². The molecule has 0 radical (unpaired) electrons. The van der Waals surface area contributed by atoms with Gasteiger partial charge < -0.3 is 9.88 Å². The molecule has 0 aliphatic carbocycles. The summed E-state index contributed by atoms with van der Waals surface area (Å²) in [6.07, 6.45) is 1.99. The molecule has 1 amide bonds. The summed E-state index contributed by atoms with van der Waals surface area (Å²) in [6, 6.07) is 6.71. The number of rotatable bonds is 9. The molecule has 0 saturated heterocycles. The van der Waals surface area contributed by atoms with Crippen molar-refractivity contribution in [3.05, 3.63) is 30.1 Å². The fraction of sp³-hybridized carbons (Fsp3) is 0.526. The second-order valence-electron chi connectivity index (χ2n) is 6.84. The summed E-state index contributed by atoms with van der Waals surface area (Å²) in [6.45, 7) is 8.92. The SMILES string of the molecule is CCCC(C)NC(=O)CSc1nnc(-c2ccccc2F)n1CC(C)C. The van der Waals surface area contributed by atoms with Gasteiger partial charge in [-0.05, 0) is 31.4 Å². The molecule has 0 aliphatic rings. The van der Waals surface area contributed by atoms with Gasteiger partial charge in [0.05, 0.1) is 11.3 Å². The van der Waals surface area contributed by atoms with Crippen LogP contribution in [0.3, 0.4) is 0 Å². The van der Waals surface area contributed by atoms with E-state index in [2.05, 4.69) is 36.3 Å². The minimum atomic E-state index is -0.326. The Morgan fingerprint density at radius 1 is 1.27 bits per heavy atom. The van der Waals surface area contributed by atoms with Crippen molar-refractivity contribution in [3.8, 4) is 11.4 Å². The Balaban J connectivity index is 2.16. The topological polar surface area (TPSA) is 59.8 Å². The number of nitrogens with one attached hydrogen (secondary N) is 1. The first-order valence-electron chi connectivity index (χ1n) is 9.02. The number of carbonyl (C=O) groups is 1. The van der Waals surface area contributed by atoms with Gasteiger partial charge in [-0.25, -0.2) is 4.39 Å². The Kier molecular flexibility index (Phi) is 7.63. The molecule has 2 rings (SSSR count). The Bertz CT molecular complexity index is 732. The zero-order valence-corrected chi connectivity index (χ0v) is 16.6. The predicted molar refractivity (Wildman–Crippen MR) is 103 cm³/mol. The second kappa shape index (κ2) is 9.71. The molecule has 0 spiro atoms. The number of carbonyl (C=O) groups excluding carboxylic acids is 1. The van der Waals surface area contributed by atoms with Crippen LogP contribution in [0.15, 0.2) is 29.4 Å². The fourth-order valence-electron chi connectivity index (χ4n) is 2.72. The van der Waals surface area contributed by atoms with Gasteiger partial charge in [-0.3, -0.25) is 4.79 Å². The van der Waals surface area contributed by atoms with Gasteiger partial charge in [0.1, 0.15) is 5.82 Å². The number of halogens is 1. The van der Waals surface area contributed by atoms with E-state index in [1.54, 1.807) is 18.2 Å². The number of hydrogen-bond acceptors (Lipinski definition) is 4. The molecule has 142 valence electrons. The third kappa shape index (κ3) is 5.56. The monoisotopic (exact) mass is 378 g/mol. The number of benzene rings is 1. The smallest absolute Gasteiger partial charge is 0.230 e. The molecule has 1 atom stereocenters. The van der Waals surface area contributed by atoms with E-state index in [1.807, 2.05) is 11.5 Å². The van der Waals surface area contributed by atoms with Crippen molar-refractivity contribution in [2.75, 3.05) is 5.75 Å². The van der Waals surface area contributed by atoms with E-state index < -0.39 is 0 Å². The highest BCUT2D eigenvalue weighted by atomic mass is 32.2. The minimum Gasteiger partial charge on any atom is -0.353 e. The summed E-state index contributed by atoms with van der Waals surface area (Å²) >= 11 is 1.33. The number of aromatic nitrogens is 3. The van der Waals surface area contributed by atoms with Gasteiger partial charge in [0.25, 0.3) is 0 Å². The maximum atomic E-state index is 14.2. The van der Waals surface area contributed by atoms with Gasteiger partial charge in [-0.15, -0.1) is 10.2 Å². The quantitative estimate of drug-likeness (QED) is 0.666. The standard InChI is InChI=1S/C19H27FN4OS/c1-5-8-14(4)21-17(25)12-26-19-23-22-18(24(19)11-13(2)3)15-9-6-7-10-16(15)20/h6-7,9-10,13-14H,5,8,11-12H2,1-4H3,(H,21,25). The Labute approximate surface area is 158 Å². The van der Waals surface area contributed by atoms with Gasteiger partial charge >= 0.3 is 0 Å². The normalized spacial score (nSPS) is 12.4. The molecule has 0 aliphatic heterocycles. The van der Waals surface area contributed by atoms with E-state index >= 15 is 0 Å². The van der Waals surface area contributed by atoms with E-state index in [1.165, 1.54) is 17.8 Å². The molecule has 0 bridgehead atoms. The molecule has 5 nitrogen and oxygen atoms in total. The van der Waals surface area contributed by atoms with Crippen LogP contribution in [0.5, 0.6) is 0 Å². The van der Waals surface area contributed by atoms with Crippen LogP contribution in [0, 0.1) is 11.7 Å². The van der Waals surface area contributed by atoms with Crippen molar-refractivity contribution in [2.45, 2.75) is 58.3 Å². The van der Waals surface area contributed by atoms with Crippen molar-refractivity contribution in [1.29, 1.82) is 0 Å². The van der Waals surface area contributed by atoms with E-state index in [-0.39, 0.29) is 23.5 Å². The van der Waals surface area contributed by atoms with Gasteiger partial charge in [0.2, 0.25) is 5.91 Å². The largest absolute Gasteiger partial charge is 0.353 e. The van der Waals surface area contributed by atoms with E-state index in [0.717, 1.165) is 12.8 Å². The summed E-state index contributed by atoms with van der Waals surface area (Å²) in [5.74, 6) is 0.755. The Morgan fingerprint density at radius 3 is 2.65 bits per heavy atom. The summed E-state index contributed by atoms with van der Waals surface area (Å²) in [5, 5.41) is 12.0. The van der Waals surface area contributed by atoms with Gasteiger partial charge in [0, 0.05) is 12.6 Å². The Hall–Kier alpha value is -1.89. The molecule has 1 aromatic carbocycles. The lowest BCUT2D eigenvalue weighted by atomic mass is 10.2. The van der Waals surface area contributed by atoms with Gasteiger partial charge in [-0.1, -0.05) is 51.1 Å². The third-order valence-corrected chi connectivity index (χ3v) is 4.81. The van der Waals surface area contributed by atoms with Crippen LogP contribution in [-0.2, 0) is 11.3 Å². The highest BCUT2D eigenvalue weighted by Crippen LogP contribution is 2.26. The molecule has 0 fully saturated rings. The molecular weight excluding hydrogens is 351 g/mol. The van der Waals surface area contributed by atoms with Crippen molar-refractivity contribution in [1.82, 2.24) is 20.1 Å². The average molecular weight is 379 g/mol. The fourth-order valence-corrected chi connectivity index (χ4v) is 3.48. The number of hydrogen-bond donors (Lipinski definition) is 1. The minimum absolute atomic E-state index is 0.0255. The van der Waals surface area contributed by atoms with Crippen LogP contribution < -0.4 is 5.32 Å². The van der Waals surface area contributed by atoms with Crippen LogP contribution in [0.4, 0.5) is 4.39 Å². The summed E-state index contributed by atoms with van der Waals surface area (Å²) in [5.41, 5.74) is 0.425. The summed E-state index contributed by atoms with van der Waals surface area (Å²) in [4.78, 5) is 12.1. The maximum Gasteiger partial charge on any atom is 0.230 e. The summed E-state index contributed by atoms with van der Waals surface area (Å²) in [7, 11) is 0. The van der Waals surface area contributed by atoms with Crippen LogP contribution >= 0.6 is 11.8 Å². The number of nitrogens with zero attached hydrogens (tertiary/aromatic N) is 3. The van der Waals surface area contributed by atoms with Crippen LogP contribution in [0.2, 0.25) is 0 Å². The highest BCUT2D eigenvalue weighted by Gasteiger charge is 2.19. The molecule has 2 aromatic rings. The molecule has 1 heterocycles. The first-order valence-corrected chi connectivity index (χ1v) is 10.0. The zero-order valence-electron chi connectivity index (χ0n) is 15.8. The number of amides is 1. The first-order chi connectivity index (χ1) is 12.4. The van der Waals surface area contributed by atoms with E-state index in [0.29, 0.717) is 29.0 Å². The molecule has 1 aromatic heterocycles. The predicted octanol–water partition coefficient (Wildman–Crippen LogP) is 4.14. The van der Waals surface area contributed by atoms with Crippen molar-refractivity contribution in [2.24, 2.45) is 5.92 Å². The van der Waals surface area contributed by atoms with Gasteiger partial charge in [-0.2, -0.15) is 0 Å². The second-order valence-corrected chi connectivity index (χ2v) is 7.78. The molecule has 1 N–H and O–H groups in total. The highest BCUT2D eigenvalue weighted by molar-refractivity contribution is 7.99. The molecule has 1 unspecified atom stereocenters. The lowest BCUT2D eigenvalue weighted by Crippen LogP contribution is -2.33. The molecule has 26 heavy (non-hydrogen) atoms. The van der Waals surface area contributed by atoms with E-state index in [4.69, 9.17) is 0 Å². The van der Waals surface area contributed by atoms with Crippen molar-refractivity contribution < 1.29 is 9.18 Å². The maximum absolute atomic E-state index is 14.2. The average Bonchev–Trinajstić information content (AvgIpc) is 2.95.